The summed E-state index contributed by atoms with van der Waals surface area (Å²) in [6.45, 7) is 4.21. The van der Waals surface area contributed by atoms with E-state index in [9.17, 15) is 10.1 Å². The minimum absolute atomic E-state index is 0.107. The van der Waals surface area contributed by atoms with Crippen LogP contribution in [0.5, 0.6) is 0 Å². The number of rotatable bonds is 5. The van der Waals surface area contributed by atoms with E-state index in [-0.39, 0.29) is 5.69 Å². The second-order valence-corrected chi connectivity index (χ2v) is 3.46. The Morgan fingerprint density at radius 3 is 3.07 bits per heavy atom. The van der Waals surface area contributed by atoms with Crippen LogP contribution in [0.1, 0.15) is 0 Å². The molecular weight excluding hydrogens is 200 g/mol. The van der Waals surface area contributed by atoms with Gasteiger partial charge in [0.25, 0.3) is 5.69 Å². The minimum atomic E-state index is -0.405. The smallest absolute Gasteiger partial charge is 0.258 e. The van der Waals surface area contributed by atoms with Crippen molar-refractivity contribution in [2.24, 2.45) is 0 Å². The highest BCUT2D eigenvalue weighted by Gasteiger charge is 2.04. The van der Waals surface area contributed by atoms with Gasteiger partial charge in [-0.2, -0.15) is 0 Å². The molecule has 1 aromatic carbocycles. The Bertz CT molecular complexity index is 341. The molecule has 0 aliphatic rings. The van der Waals surface area contributed by atoms with Crippen molar-refractivity contribution < 1.29 is 4.92 Å². The van der Waals surface area contributed by atoms with Gasteiger partial charge in [-0.3, -0.25) is 14.8 Å². The zero-order valence-corrected chi connectivity index (χ0v) is 8.29. The summed E-state index contributed by atoms with van der Waals surface area (Å²) < 4.78 is 2.99. The molecule has 0 radical (unpaired) electrons. The Morgan fingerprint density at radius 1 is 1.64 bits per heavy atom. The fourth-order valence-electron chi connectivity index (χ4n) is 0.844. The summed E-state index contributed by atoms with van der Waals surface area (Å²) in [4.78, 5) is 10.9. The van der Waals surface area contributed by atoms with E-state index in [4.69, 9.17) is 0 Å². The maximum Gasteiger partial charge on any atom is 0.270 e. The molecule has 1 aromatic rings. The van der Waals surface area contributed by atoms with Crippen molar-refractivity contribution in [2.75, 3.05) is 6.54 Å². The van der Waals surface area contributed by atoms with E-state index in [1.165, 1.54) is 24.1 Å². The summed E-state index contributed by atoms with van der Waals surface area (Å²) in [5, 5.41) is 10.4. The van der Waals surface area contributed by atoms with E-state index >= 15 is 0 Å². The summed E-state index contributed by atoms with van der Waals surface area (Å²) in [5.74, 6) is 0. The molecule has 0 aliphatic heterocycles. The van der Waals surface area contributed by atoms with Crippen LogP contribution in [0.25, 0.3) is 0 Å². The molecule has 0 fully saturated rings. The minimum Gasteiger partial charge on any atom is -0.258 e. The topological polar surface area (TPSA) is 55.2 Å². The monoisotopic (exact) mass is 210 g/mol. The van der Waals surface area contributed by atoms with Gasteiger partial charge in [0.15, 0.2) is 0 Å². The van der Waals surface area contributed by atoms with Gasteiger partial charge >= 0.3 is 0 Å². The van der Waals surface area contributed by atoms with Gasteiger partial charge in [-0.1, -0.05) is 12.1 Å². The predicted molar refractivity (Wildman–Crippen MR) is 57.2 cm³/mol. The largest absolute Gasteiger partial charge is 0.270 e. The molecule has 0 atom stereocenters. The van der Waals surface area contributed by atoms with Crippen molar-refractivity contribution in [3.8, 4) is 0 Å². The number of hydrogen-bond acceptors (Lipinski definition) is 4. The second-order valence-electron chi connectivity index (χ2n) is 2.49. The molecule has 5 heteroatoms. The van der Waals surface area contributed by atoms with Crippen molar-refractivity contribution in [1.82, 2.24) is 4.72 Å². The first kappa shape index (κ1) is 10.7. The van der Waals surface area contributed by atoms with Crippen molar-refractivity contribution >= 4 is 17.6 Å². The zero-order chi connectivity index (χ0) is 10.4. The number of hydrogen-bond donors (Lipinski definition) is 1. The number of non-ortho nitro benzene ring substituents is 1. The van der Waals surface area contributed by atoms with Crippen LogP contribution in [-0.2, 0) is 0 Å². The lowest BCUT2D eigenvalue weighted by Gasteiger charge is -2.00. The molecule has 14 heavy (non-hydrogen) atoms. The second kappa shape index (κ2) is 5.41. The van der Waals surface area contributed by atoms with Crippen LogP contribution in [0.2, 0.25) is 0 Å². The molecule has 74 valence electrons. The van der Waals surface area contributed by atoms with Crippen LogP contribution < -0.4 is 4.72 Å². The fraction of sp³-hybridized carbons (Fsp3) is 0.111. The quantitative estimate of drug-likeness (QED) is 0.266. The average molecular weight is 210 g/mol. The predicted octanol–water partition coefficient (Wildman–Crippen LogP) is 2.38. The van der Waals surface area contributed by atoms with Gasteiger partial charge in [0.1, 0.15) is 0 Å². The number of nitro groups is 1. The first-order chi connectivity index (χ1) is 6.74. The Morgan fingerprint density at radius 2 is 2.43 bits per heavy atom. The van der Waals surface area contributed by atoms with Crippen molar-refractivity contribution in [3.05, 3.63) is 47.0 Å². The lowest BCUT2D eigenvalue weighted by atomic mass is 10.3. The third kappa shape index (κ3) is 3.20. The van der Waals surface area contributed by atoms with Gasteiger partial charge in [-0.25, -0.2) is 0 Å². The highest BCUT2D eigenvalue weighted by atomic mass is 32.2. The average Bonchev–Trinajstić information content (AvgIpc) is 2.19. The van der Waals surface area contributed by atoms with E-state index in [2.05, 4.69) is 11.3 Å². The summed E-state index contributed by atoms with van der Waals surface area (Å²) in [6, 6.07) is 6.47. The maximum absolute atomic E-state index is 10.4. The Balaban J connectivity index is 2.63. The molecule has 4 nitrogen and oxygen atoms in total. The summed E-state index contributed by atoms with van der Waals surface area (Å²) >= 11 is 1.35. The van der Waals surface area contributed by atoms with Gasteiger partial charge in [0, 0.05) is 23.6 Å². The molecule has 0 unspecified atom stereocenters. The Labute approximate surface area is 86.3 Å². The Kier molecular flexibility index (Phi) is 4.15. The molecule has 0 aliphatic carbocycles. The summed E-state index contributed by atoms with van der Waals surface area (Å²) in [6.07, 6.45) is 1.73. The highest BCUT2D eigenvalue weighted by molar-refractivity contribution is 7.97. The van der Waals surface area contributed by atoms with E-state index in [1.807, 2.05) is 6.07 Å². The normalized spacial score (nSPS) is 9.71. The van der Waals surface area contributed by atoms with Crippen molar-refractivity contribution in [3.63, 3.8) is 0 Å². The van der Waals surface area contributed by atoms with E-state index in [1.54, 1.807) is 12.1 Å². The van der Waals surface area contributed by atoms with Crippen molar-refractivity contribution in [1.29, 1.82) is 0 Å². The van der Waals surface area contributed by atoms with E-state index < -0.39 is 4.92 Å². The highest BCUT2D eigenvalue weighted by Crippen LogP contribution is 2.20. The standard InChI is InChI=1S/C9H10N2O2S/c1-2-6-10-14-9-5-3-4-8(7-9)11(12)13/h2-5,7,10H,1,6H2. The molecule has 0 heterocycles. The molecule has 0 spiro atoms. The van der Waals surface area contributed by atoms with Gasteiger partial charge in [0.2, 0.25) is 0 Å². The number of nitro benzene ring substituents is 1. The van der Waals surface area contributed by atoms with Gasteiger partial charge < -0.3 is 0 Å². The summed E-state index contributed by atoms with van der Waals surface area (Å²) in [5.41, 5.74) is 0.107. The number of nitrogens with zero attached hydrogens (tertiary/aromatic N) is 1. The Hall–Kier alpha value is -1.33. The van der Waals surface area contributed by atoms with Gasteiger partial charge in [-0.15, -0.1) is 6.58 Å². The van der Waals surface area contributed by atoms with Gasteiger partial charge in [0.05, 0.1) is 4.92 Å². The SMILES string of the molecule is C=CCNSc1cccc([N+](=O)[O-])c1. The lowest BCUT2D eigenvalue weighted by Crippen LogP contribution is -2.01. The van der Waals surface area contributed by atoms with Crippen LogP contribution in [0.15, 0.2) is 41.8 Å². The van der Waals surface area contributed by atoms with Crippen molar-refractivity contribution in [2.45, 2.75) is 4.90 Å². The molecule has 0 aromatic heterocycles. The molecule has 0 amide bonds. The molecule has 0 saturated carbocycles. The maximum atomic E-state index is 10.4. The fourth-order valence-corrected chi connectivity index (χ4v) is 1.54. The van der Waals surface area contributed by atoms with Crippen LogP contribution in [0, 0.1) is 10.1 Å². The molecule has 1 N–H and O–H groups in total. The first-order valence-electron chi connectivity index (χ1n) is 3.99. The van der Waals surface area contributed by atoms with E-state index in [0.717, 1.165) is 4.90 Å². The lowest BCUT2D eigenvalue weighted by molar-refractivity contribution is -0.385. The molecule has 1 rings (SSSR count). The van der Waals surface area contributed by atoms with Crippen LogP contribution >= 0.6 is 11.9 Å². The third-order valence-electron chi connectivity index (χ3n) is 1.45. The molecule has 0 saturated heterocycles. The summed E-state index contributed by atoms with van der Waals surface area (Å²) in [7, 11) is 0. The third-order valence-corrected chi connectivity index (χ3v) is 2.25. The first-order valence-corrected chi connectivity index (χ1v) is 4.80. The van der Waals surface area contributed by atoms with Crippen LogP contribution in [0.3, 0.4) is 0 Å². The van der Waals surface area contributed by atoms with Crippen LogP contribution in [0.4, 0.5) is 5.69 Å². The number of nitrogens with one attached hydrogen (secondary N) is 1. The zero-order valence-electron chi connectivity index (χ0n) is 7.47. The molecule has 0 bridgehead atoms. The number of benzene rings is 1. The van der Waals surface area contributed by atoms with Crippen LogP contribution in [-0.4, -0.2) is 11.5 Å². The molecular formula is C9H10N2O2S. The van der Waals surface area contributed by atoms with Gasteiger partial charge in [-0.05, 0) is 18.0 Å². The van der Waals surface area contributed by atoms with E-state index in [0.29, 0.717) is 6.54 Å².